The van der Waals surface area contributed by atoms with Crippen LogP contribution in [0.4, 0.5) is 11.5 Å². The maximum absolute atomic E-state index is 6.02. The summed E-state index contributed by atoms with van der Waals surface area (Å²) in [4.78, 5) is 13.7. The zero-order valence-electron chi connectivity index (χ0n) is 21.9. The second-order valence-electron chi connectivity index (χ2n) is 8.66. The van der Waals surface area contributed by atoms with Gasteiger partial charge in [0.2, 0.25) is 0 Å². The van der Waals surface area contributed by atoms with Crippen molar-refractivity contribution in [1.82, 2.24) is 14.9 Å². The van der Waals surface area contributed by atoms with Crippen LogP contribution in [0.5, 0.6) is 23.0 Å². The average molecular weight is 506 g/mol. The van der Waals surface area contributed by atoms with Crippen LogP contribution in [0.25, 0.3) is 5.70 Å². The van der Waals surface area contributed by atoms with Gasteiger partial charge >= 0.3 is 0 Å². The molecule has 9 heteroatoms. The molecule has 2 aromatic heterocycles. The van der Waals surface area contributed by atoms with E-state index in [1.54, 1.807) is 39.8 Å². The van der Waals surface area contributed by atoms with Crippen molar-refractivity contribution < 1.29 is 18.9 Å². The summed E-state index contributed by atoms with van der Waals surface area (Å²) in [5.41, 5.74) is 8.65. The maximum atomic E-state index is 6.02. The number of aromatic nitrogens is 2. The van der Waals surface area contributed by atoms with Gasteiger partial charge in [0.1, 0.15) is 17.3 Å². The number of nitrogens with two attached hydrogens (primary N) is 1. The third-order valence-corrected chi connectivity index (χ3v) is 6.26. The molecular weight excluding hydrogens is 470 g/mol. The fraction of sp³-hybridized carbons (Fsp3) is 0.357. The second-order valence-corrected chi connectivity index (χ2v) is 8.66. The molecule has 1 aromatic carbocycles. The minimum Gasteiger partial charge on any atom is -0.494 e. The Kier molecular flexibility index (Phi) is 8.68. The largest absolute Gasteiger partial charge is 0.494 e. The van der Waals surface area contributed by atoms with Crippen LogP contribution in [-0.2, 0) is 4.74 Å². The number of hydrogen-bond donors (Lipinski definition) is 1. The third kappa shape index (κ3) is 6.06. The molecule has 1 atom stereocenters. The zero-order valence-corrected chi connectivity index (χ0v) is 21.9. The molecule has 2 N–H and O–H groups in total. The number of rotatable bonds is 10. The number of para-hydroxylation sites is 1. The van der Waals surface area contributed by atoms with Gasteiger partial charge in [-0.1, -0.05) is 31.2 Å². The Hall–Kier alpha value is -3.98. The predicted molar refractivity (Wildman–Crippen MR) is 145 cm³/mol. The van der Waals surface area contributed by atoms with Crippen LogP contribution in [0.15, 0.2) is 60.9 Å². The first kappa shape index (κ1) is 26.1. The normalized spacial score (nSPS) is 16.0. The number of anilines is 2. The number of ether oxygens (including phenoxy) is 4. The summed E-state index contributed by atoms with van der Waals surface area (Å²) in [6.07, 6.45) is 6.55. The molecule has 0 radical (unpaired) electrons. The van der Waals surface area contributed by atoms with Crippen LogP contribution >= 0.6 is 0 Å². The van der Waals surface area contributed by atoms with Gasteiger partial charge in [-0.2, -0.15) is 0 Å². The Labute approximate surface area is 218 Å². The van der Waals surface area contributed by atoms with Crippen LogP contribution in [0.3, 0.4) is 0 Å². The van der Waals surface area contributed by atoms with E-state index in [2.05, 4.69) is 27.8 Å². The SMILES string of the molecule is CC/C=C(/c1cc(OC)c(Oc2ccccc2)cn1)N1CCN(c2cnc(N)cc2OC)C[C@@H]1COC. The molecule has 9 nitrogen and oxygen atoms in total. The molecule has 0 amide bonds. The lowest BCUT2D eigenvalue weighted by molar-refractivity contribution is 0.115. The topological polar surface area (TPSA) is 95.2 Å². The highest BCUT2D eigenvalue weighted by Gasteiger charge is 2.31. The van der Waals surface area contributed by atoms with E-state index in [1.165, 1.54) is 0 Å². The lowest BCUT2D eigenvalue weighted by atomic mass is 10.1. The quantitative estimate of drug-likeness (QED) is 0.429. The molecule has 0 bridgehead atoms. The molecule has 0 spiro atoms. The fourth-order valence-electron chi connectivity index (χ4n) is 4.55. The Bertz CT molecular complexity index is 1200. The minimum atomic E-state index is 0.0758. The van der Waals surface area contributed by atoms with Gasteiger partial charge < -0.3 is 34.5 Å². The summed E-state index contributed by atoms with van der Waals surface area (Å²) in [6, 6.07) is 13.4. The number of methoxy groups -OCH3 is 3. The van der Waals surface area contributed by atoms with Gasteiger partial charge in [-0.05, 0) is 18.6 Å². The Morgan fingerprint density at radius 2 is 1.78 bits per heavy atom. The molecule has 0 unspecified atom stereocenters. The number of pyridine rings is 2. The molecule has 1 fully saturated rings. The van der Waals surface area contributed by atoms with Crippen molar-refractivity contribution >= 4 is 17.2 Å². The Morgan fingerprint density at radius 1 is 1.00 bits per heavy atom. The number of nitrogen functional groups attached to an aromatic ring is 1. The van der Waals surface area contributed by atoms with Crippen LogP contribution in [0, 0.1) is 0 Å². The van der Waals surface area contributed by atoms with Crippen LogP contribution in [-0.4, -0.2) is 68.5 Å². The van der Waals surface area contributed by atoms with E-state index < -0.39 is 0 Å². The Morgan fingerprint density at radius 3 is 2.49 bits per heavy atom. The lowest BCUT2D eigenvalue weighted by Gasteiger charge is -2.44. The van der Waals surface area contributed by atoms with E-state index in [-0.39, 0.29) is 6.04 Å². The average Bonchev–Trinajstić information content (AvgIpc) is 2.93. The van der Waals surface area contributed by atoms with Gasteiger partial charge in [0.25, 0.3) is 0 Å². The molecule has 3 heterocycles. The van der Waals surface area contributed by atoms with Gasteiger partial charge in [-0.25, -0.2) is 4.98 Å². The molecule has 3 aromatic rings. The molecule has 37 heavy (non-hydrogen) atoms. The van der Waals surface area contributed by atoms with E-state index in [0.717, 1.165) is 48.9 Å². The predicted octanol–water partition coefficient (Wildman–Crippen LogP) is 4.46. The molecule has 196 valence electrons. The summed E-state index contributed by atoms with van der Waals surface area (Å²) in [5.74, 6) is 3.05. The zero-order chi connectivity index (χ0) is 26.2. The molecule has 0 saturated carbocycles. The number of nitrogens with zero attached hydrogens (tertiary/aromatic N) is 4. The Balaban J connectivity index is 1.61. The molecule has 4 rings (SSSR count). The van der Waals surface area contributed by atoms with Crippen LogP contribution < -0.4 is 24.8 Å². The first-order valence-corrected chi connectivity index (χ1v) is 12.3. The smallest absolute Gasteiger partial charge is 0.187 e. The monoisotopic (exact) mass is 505 g/mol. The summed E-state index contributed by atoms with van der Waals surface area (Å²) in [5, 5.41) is 0. The van der Waals surface area contributed by atoms with E-state index in [9.17, 15) is 0 Å². The molecular formula is C28H35N5O4. The van der Waals surface area contributed by atoms with Crippen molar-refractivity contribution in [1.29, 1.82) is 0 Å². The number of hydrogen-bond acceptors (Lipinski definition) is 9. The molecule has 1 saturated heterocycles. The third-order valence-electron chi connectivity index (χ3n) is 6.26. The van der Waals surface area contributed by atoms with E-state index in [1.807, 2.05) is 36.4 Å². The summed E-state index contributed by atoms with van der Waals surface area (Å²) >= 11 is 0. The van der Waals surface area contributed by atoms with Crippen LogP contribution in [0.2, 0.25) is 0 Å². The van der Waals surface area contributed by atoms with Crippen molar-refractivity contribution in [3.63, 3.8) is 0 Å². The van der Waals surface area contributed by atoms with E-state index in [0.29, 0.717) is 29.7 Å². The van der Waals surface area contributed by atoms with Crippen molar-refractivity contribution in [3.05, 3.63) is 66.6 Å². The van der Waals surface area contributed by atoms with Gasteiger partial charge in [0.05, 0.1) is 56.3 Å². The minimum absolute atomic E-state index is 0.0758. The van der Waals surface area contributed by atoms with Crippen molar-refractivity contribution in [2.45, 2.75) is 19.4 Å². The maximum Gasteiger partial charge on any atom is 0.187 e. The molecule has 1 aliphatic rings. The standard InChI is InChI=1S/C28H35N5O4/c1-5-9-23(22-14-26(36-4)27(17-30-22)37-21-10-7-6-8-11-21)33-13-12-32(18-20(33)19-34-2)24-16-31-28(29)15-25(24)35-3/h6-11,14-17,20H,5,12-13,18-19H2,1-4H3,(H2,29,31)/b23-9-/t20-/m1/s1. The number of piperazine rings is 1. The first-order chi connectivity index (χ1) is 18.1. The number of allylic oxidation sites excluding steroid dienone is 1. The van der Waals surface area contributed by atoms with Gasteiger partial charge in [-0.15, -0.1) is 0 Å². The number of benzene rings is 1. The van der Waals surface area contributed by atoms with Gasteiger partial charge in [-0.3, -0.25) is 4.98 Å². The van der Waals surface area contributed by atoms with E-state index in [4.69, 9.17) is 29.7 Å². The highest BCUT2D eigenvalue weighted by Crippen LogP contribution is 2.36. The lowest BCUT2D eigenvalue weighted by Crippen LogP contribution is -2.54. The first-order valence-electron chi connectivity index (χ1n) is 12.3. The van der Waals surface area contributed by atoms with Crippen molar-refractivity contribution in [3.8, 4) is 23.0 Å². The summed E-state index contributed by atoms with van der Waals surface area (Å²) in [6.45, 7) is 4.93. The van der Waals surface area contributed by atoms with E-state index >= 15 is 0 Å². The summed E-state index contributed by atoms with van der Waals surface area (Å²) in [7, 11) is 5.01. The molecule has 1 aliphatic heterocycles. The fourth-order valence-corrected chi connectivity index (χ4v) is 4.55. The highest BCUT2D eigenvalue weighted by molar-refractivity contribution is 5.66. The highest BCUT2D eigenvalue weighted by atomic mass is 16.5. The summed E-state index contributed by atoms with van der Waals surface area (Å²) < 4.78 is 22.9. The second kappa shape index (κ2) is 12.3. The van der Waals surface area contributed by atoms with Gasteiger partial charge in [0, 0.05) is 38.9 Å². The van der Waals surface area contributed by atoms with Crippen LogP contribution in [0.1, 0.15) is 19.0 Å². The van der Waals surface area contributed by atoms with Crippen molar-refractivity contribution in [2.24, 2.45) is 0 Å². The van der Waals surface area contributed by atoms with Gasteiger partial charge in [0.15, 0.2) is 11.5 Å². The van der Waals surface area contributed by atoms with Crippen molar-refractivity contribution in [2.75, 3.05) is 58.2 Å². The molecule has 0 aliphatic carbocycles.